The summed E-state index contributed by atoms with van der Waals surface area (Å²) in [6.45, 7) is 2.02. The molecule has 4 aromatic rings. The molecule has 10 heteroatoms. The van der Waals surface area contributed by atoms with Crippen molar-refractivity contribution in [1.82, 2.24) is 19.5 Å². The zero-order valence-electron chi connectivity index (χ0n) is 18.7. The number of aromatic nitrogens is 4. The summed E-state index contributed by atoms with van der Waals surface area (Å²) >= 11 is 2.25. The Labute approximate surface area is 213 Å². The molecule has 1 N–H and O–H groups in total. The van der Waals surface area contributed by atoms with Gasteiger partial charge < -0.3 is 9.80 Å². The minimum Gasteiger partial charge on any atom is -0.370 e. The molecule has 1 aromatic carbocycles. The van der Waals surface area contributed by atoms with Gasteiger partial charge in [0, 0.05) is 43.8 Å². The molecule has 1 amide bonds. The minimum atomic E-state index is -0.290. The number of halogens is 2. The quantitative estimate of drug-likeness (QED) is 0.370. The van der Waals surface area contributed by atoms with Gasteiger partial charge in [-0.2, -0.15) is 0 Å². The van der Waals surface area contributed by atoms with Crippen molar-refractivity contribution in [3.05, 3.63) is 79.9 Å². The first-order chi connectivity index (χ1) is 17.0. The second kappa shape index (κ2) is 8.74. The molecule has 6 rings (SSSR count). The lowest BCUT2D eigenvalue weighted by Crippen LogP contribution is -2.37. The lowest BCUT2D eigenvalue weighted by molar-refractivity contribution is 0.0984. The van der Waals surface area contributed by atoms with Gasteiger partial charge in [-0.1, -0.05) is 0 Å². The van der Waals surface area contributed by atoms with E-state index in [0.29, 0.717) is 24.3 Å². The Morgan fingerprint density at radius 3 is 2.74 bits per heavy atom. The number of nitrogens with zero attached hydrogens (tertiary/aromatic N) is 5. The molecule has 0 unspecified atom stereocenters. The summed E-state index contributed by atoms with van der Waals surface area (Å²) in [7, 11) is 0. The highest BCUT2D eigenvalue weighted by molar-refractivity contribution is 14.1. The van der Waals surface area contributed by atoms with Crippen molar-refractivity contribution in [2.45, 2.75) is 25.3 Å². The molecule has 3 aromatic heterocycles. The van der Waals surface area contributed by atoms with Crippen LogP contribution in [0.1, 0.15) is 34.9 Å². The van der Waals surface area contributed by atoms with Crippen LogP contribution < -0.4 is 15.5 Å². The van der Waals surface area contributed by atoms with E-state index in [1.807, 2.05) is 22.8 Å². The van der Waals surface area contributed by atoms with Gasteiger partial charge in [-0.15, -0.1) is 0 Å². The number of rotatable bonds is 3. The van der Waals surface area contributed by atoms with E-state index in [4.69, 9.17) is 0 Å². The SMILES string of the molecule is O=C(c1cc(N2CCC(n3c(=O)[nH]c4ncccc43)CC2)c(I)cn1)N1CCc2cc(F)ccc21. The number of carbonyl (C=O) groups excluding carboxylic acids is 1. The Bertz CT molecular complexity index is 1510. The smallest absolute Gasteiger partial charge is 0.327 e. The molecule has 2 aliphatic rings. The maximum absolute atomic E-state index is 13.6. The van der Waals surface area contributed by atoms with Crippen molar-refractivity contribution in [3.63, 3.8) is 0 Å². The predicted molar refractivity (Wildman–Crippen MR) is 140 cm³/mol. The van der Waals surface area contributed by atoms with Gasteiger partial charge in [-0.25, -0.2) is 19.2 Å². The average molecular weight is 584 g/mol. The summed E-state index contributed by atoms with van der Waals surface area (Å²) in [4.78, 5) is 41.3. The number of anilines is 2. The Morgan fingerprint density at radius 2 is 1.91 bits per heavy atom. The van der Waals surface area contributed by atoms with Gasteiger partial charge in [0.25, 0.3) is 5.91 Å². The number of pyridine rings is 2. The fourth-order valence-corrected chi connectivity index (χ4v) is 5.83. The lowest BCUT2D eigenvalue weighted by Gasteiger charge is -2.34. The summed E-state index contributed by atoms with van der Waals surface area (Å²) in [5.41, 5.74) is 4.24. The number of aromatic amines is 1. The highest BCUT2D eigenvalue weighted by Crippen LogP contribution is 2.33. The normalized spacial score (nSPS) is 16.2. The number of carbonyl (C=O) groups is 1. The fraction of sp³-hybridized carbons (Fsp3) is 0.280. The number of amides is 1. The predicted octanol–water partition coefficient (Wildman–Crippen LogP) is 3.91. The molecule has 0 radical (unpaired) electrons. The van der Waals surface area contributed by atoms with Gasteiger partial charge in [-0.3, -0.25) is 14.3 Å². The van der Waals surface area contributed by atoms with E-state index >= 15 is 0 Å². The Hall–Kier alpha value is -3.28. The summed E-state index contributed by atoms with van der Waals surface area (Å²) in [6, 6.07) is 10.2. The van der Waals surface area contributed by atoms with Crippen LogP contribution in [0, 0.1) is 9.39 Å². The number of nitrogens with one attached hydrogen (secondary N) is 1. The van der Waals surface area contributed by atoms with Crippen LogP contribution in [0.4, 0.5) is 15.8 Å². The van der Waals surface area contributed by atoms with Gasteiger partial charge >= 0.3 is 5.69 Å². The molecule has 1 saturated heterocycles. The summed E-state index contributed by atoms with van der Waals surface area (Å²) in [6.07, 6.45) is 5.64. The van der Waals surface area contributed by atoms with Crippen molar-refractivity contribution in [2.75, 3.05) is 29.4 Å². The highest BCUT2D eigenvalue weighted by atomic mass is 127. The molecule has 8 nitrogen and oxygen atoms in total. The van der Waals surface area contributed by atoms with E-state index in [1.54, 1.807) is 23.4 Å². The van der Waals surface area contributed by atoms with Crippen molar-refractivity contribution >= 4 is 51.0 Å². The lowest BCUT2D eigenvalue weighted by atomic mass is 10.0. The molecule has 0 spiro atoms. The highest BCUT2D eigenvalue weighted by Gasteiger charge is 2.29. The first kappa shape index (κ1) is 22.2. The van der Waals surface area contributed by atoms with Gasteiger partial charge in [0.05, 0.1) is 14.8 Å². The van der Waals surface area contributed by atoms with Crippen LogP contribution in [0.3, 0.4) is 0 Å². The fourth-order valence-electron chi connectivity index (χ4n) is 5.19. The van der Waals surface area contributed by atoms with E-state index in [9.17, 15) is 14.0 Å². The van der Waals surface area contributed by atoms with Crippen LogP contribution in [0.25, 0.3) is 11.2 Å². The van der Waals surface area contributed by atoms with Crippen LogP contribution >= 0.6 is 22.6 Å². The number of H-pyrrole nitrogens is 1. The average Bonchev–Trinajstić information content (AvgIpc) is 3.43. The topological polar surface area (TPSA) is 87.1 Å². The molecule has 5 heterocycles. The number of fused-ring (bicyclic) bond motifs is 2. The second-order valence-corrected chi connectivity index (χ2v) is 10.1. The first-order valence-corrected chi connectivity index (χ1v) is 12.6. The van der Waals surface area contributed by atoms with Crippen LogP contribution in [0.2, 0.25) is 0 Å². The minimum absolute atomic E-state index is 0.0822. The van der Waals surface area contributed by atoms with Crippen molar-refractivity contribution in [2.24, 2.45) is 0 Å². The zero-order valence-corrected chi connectivity index (χ0v) is 20.9. The molecule has 2 aliphatic heterocycles. The molecular weight excluding hydrogens is 562 g/mol. The van der Waals surface area contributed by atoms with Crippen LogP contribution in [0.5, 0.6) is 0 Å². The van der Waals surface area contributed by atoms with Gasteiger partial charge in [0.2, 0.25) is 0 Å². The Kier molecular flexibility index (Phi) is 5.54. The summed E-state index contributed by atoms with van der Waals surface area (Å²) in [5, 5.41) is 0. The maximum Gasteiger partial charge on any atom is 0.327 e. The van der Waals surface area contributed by atoms with E-state index in [0.717, 1.165) is 52.0 Å². The number of hydrogen-bond acceptors (Lipinski definition) is 5. The van der Waals surface area contributed by atoms with Crippen molar-refractivity contribution < 1.29 is 9.18 Å². The van der Waals surface area contributed by atoms with Crippen LogP contribution in [-0.4, -0.2) is 45.1 Å². The summed E-state index contributed by atoms with van der Waals surface area (Å²) in [5.74, 6) is -0.469. The Balaban J connectivity index is 1.22. The van der Waals surface area contributed by atoms with Gasteiger partial charge in [0.15, 0.2) is 5.65 Å². The monoisotopic (exact) mass is 584 g/mol. The first-order valence-electron chi connectivity index (χ1n) is 11.6. The number of piperidine rings is 1. The second-order valence-electron chi connectivity index (χ2n) is 8.89. The van der Waals surface area contributed by atoms with E-state index in [2.05, 4.69) is 42.4 Å². The van der Waals surface area contributed by atoms with Crippen molar-refractivity contribution in [3.8, 4) is 0 Å². The van der Waals surface area contributed by atoms with Gasteiger partial charge in [0.1, 0.15) is 11.5 Å². The van der Waals surface area contributed by atoms with Gasteiger partial charge in [-0.05, 0) is 83.8 Å². The molecular formula is C25H22FIN6O2. The van der Waals surface area contributed by atoms with Crippen molar-refractivity contribution in [1.29, 1.82) is 0 Å². The molecule has 0 bridgehead atoms. The standard InChI is InChI=1S/C25H22FIN6O2/c26-16-3-4-20-15(12-16)5-11-32(20)24(34)19-13-22(18(27)14-29-19)31-9-6-17(7-10-31)33-21-2-1-8-28-23(21)30-25(33)35/h1-4,8,12-14,17H,5-7,9-11H2,(H,28,30,35). The third-order valence-electron chi connectivity index (χ3n) is 6.90. The number of benzene rings is 1. The zero-order chi connectivity index (χ0) is 24.1. The molecule has 0 saturated carbocycles. The third kappa shape index (κ3) is 3.89. The maximum atomic E-state index is 13.6. The number of hydrogen-bond donors (Lipinski definition) is 1. The van der Waals surface area contributed by atoms with Crippen LogP contribution in [0.15, 0.2) is 53.6 Å². The molecule has 178 valence electrons. The van der Waals surface area contributed by atoms with E-state index < -0.39 is 0 Å². The number of imidazole rings is 1. The Morgan fingerprint density at radius 1 is 1.09 bits per heavy atom. The molecule has 1 fully saturated rings. The van der Waals surface area contributed by atoms with Crippen LogP contribution in [-0.2, 0) is 6.42 Å². The summed E-state index contributed by atoms with van der Waals surface area (Å²) < 4.78 is 16.4. The van der Waals surface area contributed by atoms with E-state index in [1.165, 1.54) is 12.1 Å². The van der Waals surface area contributed by atoms with E-state index in [-0.39, 0.29) is 23.5 Å². The third-order valence-corrected chi connectivity index (χ3v) is 7.73. The molecule has 0 aliphatic carbocycles. The molecule has 35 heavy (non-hydrogen) atoms. The largest absolute Gasteiger partial charge is 0.370 e. The molecule has 0 atom stereocenters.